The third-order valence-electron chi connectivity index (χ3n) is 7.72. The molecule has 4 rings (SSSR count). The number of ether oxygens (including phenoxy) is 1. The predicted octanol–water partition coefficient (Wildman–Crippen LogP) is 3.08. The molecular formula is C27H38ClN5O3. The Morgan fingerprint density at radius 1 is 1.06 bits per heavy atom. The number of carbonyl (C=O) groups is 2. The van der Waals surface area contributed by atoms with Crippen LogP contribution in [0.1, 0.15) is 36.2 Å². The maximum Gasteiger partial charge on any atom is 0.227 e. The SMILES string of the molecule is Cc1nn(C)c(C)c1CC(=O)N1CCC[C@](COc2cccc(Cl)c2)(CC(=O)N2CCN(C)CC2)C1. The van der Waals surface area contributed by atoms with Gasteiger partial charge in [-0.25, -0.2) is 0 Å². The maximum absolute atomic E-state index is 13.4. The molecule has 1 aromatic heterocycles. The molecule has 196 valence electrons. The number of carbonyl (C=O) groups excluding carboxylic acids is 2. The smallest absolute Gasteiger partial charge is 0.227 e. The number of hydrogen-bond acceptors (Lipinski definition) is 5. The van der Waals surface area contributed by atoms with Crippen molar-refractivity contribution in [3.8, 4) is 5.75 Å². The van der Waals surface area contributed by atoms with Crippen LogP contribution in [0.5, 0.6) is 5.75 Å². The van der Waals surface area contributed by atoms with Crippen LogP contribution in [0.2, 0.25) is 5.02 Å². The zero-order valence-electron chi connectivity index (χ0n) is 21.9. The summed E-state index contributed by atoms with van der Waals surface area (Å²) in [6.07, 6.45) is 2.36. The van der Waals surface area contributed by atoms with Crippen molar-refractivity contribution in [2.24, 2.45) is 12.5 Å². The van der Waals surface area contributed by atoms with E-state index in [-0.39, 0.29) is 11.8 Å². The number of nitrogens with zero attached hydrogens (tertiary/aromatic N) is 5. The summed E-state index contributed by atoms with van der Waals surface area (Å²) in [6.45, 7) is 8.74. The second kappa shape index (κ2) is 11.2. The number of amides is 2. The van der Waals surface area contributed by atoms with Gasteiger partial charge in [-0.15, -0.1) is 0 Å². The molecule has 2 aromatic rings. The molecule has 2 aliphatic heterocycles. The van der Waals surface area contributed by atoms with Crippen LogP contribution in [0.25, 0.3) is 0 Å². The fourth-order valence-corrected chi connectivity index (χ4v) is 5.53. The van der Waals surface area contributed by atoms with E-state index in [2.05, 4.69) is 17.0 Å². The van der Waals surface area contributed by atoms with Crippen LogP contribution in [-0.2, 0) is 23.1 Å². The van der Waals surface area contributed by atoms with Crippen LogP contribution in [0.15, 0.2) is 24.3 Å². The van der Waals surface area contributed by atoms with Crippen LogP contribution in [0, 0.1) is 19.3 Å². The van der Waals surface area contributed by atoms with E-state index >= 15 is 0 Å². The van der Waals surface area contributed by atoms with Gasteiger partial charge in [0.2, 0.25) is 11.8 Å². The first-order chi connectivity index (χ1) is 17.2. The van der Waals surface area contributed by atoms with Crippen LogP contribution >= 0.6 is 11.6 Å². The number of aryl methyl sites for hydroxylation is 2. The molecule has 0 bridgehead atoms. The quantitative estimate of drug-likeness (QED) is 0.566. The number of hydrogen-bond donors (Lipinski definition) is 0. The Labute approximate surface area is 219 Å². The number of likely N-dealkylation sites (tertiary alicyclic amines) is 1. The lowest BCUT2D eigenvalue weighted by atomic mass is 9.77. The Bertz CT molecular complexity index is 1100. The van der Waals surface area contributed by atoms with Crippen LogP contribution in [0.4, 0.5) is 0 Å². The van der Waals surface area contributed by atoms with E-state index < -0.39 is 5.41 Å². The molecule has 0 aliphatic carbocycles. The molecule has 2 fully saturated rings. The topological polar surface area (TPSA) is 70.9 Å². The maximum atomic E-state index is 13.4. The number of halogens is 1. The number of piperazine rings is 1. The Kier molecular flexibility index (Phi) is 8.25. The molecule has 9 heteroatoms. The monoisotopic (exact) mass is 515 g/mol. The highest BCUT2D eigenvalue weighted by atomic mass is 35.5. The van der Waals surface area contributed by atoms with Gasteiger partial charge in [-0.05, 0) is 51.9 Å². The second-order valence-electron chi connectivity index (χ2n) is 10.5. The lowest BCUT2D eigenvalue weighted by molar-refractivity contribution is -0.142. The minimum absolute atomic E-state index is 0.0769. The highest BCUT2D eigenvalue weighted by Gasteiger charge is 2.41. The van der Waals surface area contributed by atoms with E-state index in [1.165, 1.54) is 0 Å². The molecule has 0 saturated carbocycles. The molecule has 36 heavy (non-hydrogen) atoms. The van der Waals surface area contributed by atoms with Gasteiger partial charge >= 0.3 is 0 Å². The lowest BCUT2D eigenvalue weighted by Gasteiger charge is -2.43. The van der Waals surface area contributed by atoms with Gasteiger partial charge in [0.05, 0.1) is 18.7 Å². The summed E-state index contributed by atoms with van der Waals surface area (Å²) in [7, 11) is 3.98. The molecule has 0 radical (unpaired) electrons. The minimum atomic E-state index is -0.449. The van der Waals surface area contributed by atoms with E-state index in [0.717, 1.165) is 56.0 Å². The first-order valence-electron chi connectivity index (χ1n) is 12.8. The van der Waals surface area contributed by atoms with Crippen molar-refractivity contribution in [1.82, 2.24) is 24.5 Å². The summed E-state index contributed by atoms with van der Waals surface area (Å²) in [6, 6.07) is 7.33. The molecule has 3 heterocycles. The van der Waals surface area contributed by atoms with Crippen molar-refractivity contribution in [3.63, 3.8) is 0 Å². The fourth-order valence-electron chi connectivity index (χ4n) is 5.35. The summed E-state index contributed by atoms with van der Waals surface area (Å²) in [5.41, 5.74) is 2.44. The lowest BCUT2D eigenvalue weighted by Crippen LogP contribution is -2.53. The van der Waals surface area contributed by atoms with E-state index in [1.54, 1.807) is 6.07 Å². The van der Waals surface area contributed by atoms with Crippen LogP contribution < -0.4 is 4.74 Å². The highest BCUT2D eigenvalue weighted by molar-refractivity contribution is 6.30. The van der Waals surface area contributed by atoms with E-state index in [1.807, 2.05) is 53.6 Å². The average molecular weight is 516 g/mol. The summed E-state index contributed by atoms with van der Waals surface area (Å²) in [4.78, 5) is 33.0. The zero-order valence-corrected chi connectivity index (χ0v) is 22.7. The zero-order chi connectivity index (χ0) is 25.9. The molecule has 2 aliphatic rings. The van der Waals surface area contributed by atoms with Crippen LogP contribution in [0.3, 0.4) is 0 Å². The van der Waals surface area contributed by atoms with Crippen molar-refractivity contribution >= 4 is 23.4 Å². The van der Waals surface area contributed by atoms with Gasteiger partial charge in [0.25, 0.3) is 0 Å². The van der Waals surface area contributed by atoms with Crippen molar-refractivity contribution < 1.29 is 14.3 Å². The third-order valence-corrected chi connectivity index (χ3v) is 7.96. The van der Waals surface area contributed by atoms with Gasteiger partial charge in [0.15, 0.2) is 0 Å². The van der Waals surface area contributed by atoms with Crippen molar-refractivity contribution in [1.29, 1.82) is 0 Å². The largest absolute Gasteiger partial charge is 0.493 e. The van der Waals surface area contributed by atoms with Gasteiger partial charge in [-0.1, -0.05) is 17.7 Å². The van der Waals surface area contributed by atoms with Gasteiger partial charge in [0, 0.05) is 74.4 Å². The molecule has 2 saturated heterocycles. The molecule has 2 amide bonds. The van der Waals surface area contributed by atoms with E-state index in [9.17, 15) is 9.59 Å². The Morgan fingerprint density at radius 3 is 2.47 bits per heavy atom. The Hall–Kier alpha value is -2.58. The predicted molar refractivity (Wildman–Crippen MR) is 140 cm³/mol. The number of aromatic nitrogens is 2. The summed E-state index contributed by atoms with van der Waals surface area (Å²) in [5, 5.41) is 5.07. The first-order valence-corrected chi connectivity index (χ1v) is 13.2. The van der Waals surface area contributed by atoms with Crippen LogP contribution in [-0.4, -0.2) is 89.2 Å². The molecule has 0 unspecified atom stereocenters. The number of likely N-dealkylation sites (N-methyl/N-ethyl adjacent to an activating group) is 1. The number of benzene rings is 1. The standard InChI is InChI=1S/C27H38ClN5O3/c1-20-24(21(2)31(4)29-20)16-25(34)33-10-6-9-27(18-33,19-36-23-8-5-7-22(28)15-23)17-26(35)32-13-11-30(3)12-14-32/h5,7-8,15H,6,9-14,16-19H2,1-4H3/t27-/m0/s1. The first kappa shape index (κ1) is 26.5. The van der Waals surface area contributed by atoms with Gasteiger partial charge in [0.1, 0.15) is 5.75 Å². The summed E-state index contributed by atoms with van der Waals surface area (Å²) < 4.78 is 8.03. The van der Waals surface area contributed by atoms with E-state index in [4.69, 9.17) is 16.3 Å². The highest BCUT2D eigenvalue weighted by Crippen LogP contribution is 2.36. The van der Waals surface area contributed by atoms with E-state index in [0.29, 0.717) is 43.3 Å². The Balaban J connectivity index is 1.51. The molecule has 1 aromatic carbocycles. The van der Waals surface area contributed by atoms with Gasteiger partial charge < -0.3 is 19.4 Å². The second-order valence-corrected chi connectivity index (χ2v) is 10.9. The summed E-state index contributed by atoms with van der Waals surface area (Å²) in [5.74, 6) is 0.901. The average Bonchev–Trinajstić information content (AvgIpc) is 3.09. The van der Waals surface area contributed by atoms with Gasteiger partial charge in [-0.2, -0.15) is 5.10 Å². The van der Waals surface area contributed by atoms with Gasteiger partial charge in [-0.3, -0.25) is 14.3 Å². The molecular weight excluding hydrogens is 478 g/mol. The molecule has 0 N–H and O–H groups in total. The molecule has 0 spiro atoms. The number of piperidine rings is 1. The van der Waals surface area contributed by atoms with Crippen molar-refractivity contribution in [3.05, 3.63) is 46.2 Å². The fraction of sp³-hybridized carbons (Fsp3) is 0.593. The summed E-state index contributed by atoms with van der Waals surface area (Å²) >= 11 is 6.16. The van der Waals surface area contributed by atoms with Crippen molar-refractivity contribution in [2.75, 3.05) is 52.9 Å². The molecule has 8 nitrogen and oxygen atoms in total. The Morgan fingerprint density at radius 2 is 1.81 bits per heavy atom. The molecule has 1 atom stereocenters. The number of rotatable bonds is 7. The minimum Gasteiger partial charge on any atom is -0.493 e. The van der Waals surface area contributed by atoms with Crippen molar-refractivity contribution in [2.45, 2.75) is 39.5 Å². The third kappa shape index (κ3) is 6.21. The normalized spacial score (nSPS) is 21.0.